The first-order valence-corrected chi connectivity index (χ1v) is 10.4. The van der Waals surface area contributed by atoms with Crippen LogP contribution in [0.5, 0.6) is 0 Å². The second-order valence-corrected chi connectivity index (χ2v) is 8.35. The minimum atomic E-state index is -3.79. The van der Waals surface area contributed by atoms with Crippen molar-refractivity contribution >= 4 is 50.1 Å². The predicted molar refractivity (Wildman–Crippen MR) is 108 cm³/mol. The number of anilines is 1. The summed E-state index contributed by atoms with van der Waals surface area (Å²) in [5, 5.41) is 0.736. The van der Waals surface area contributed by atoms with Crippen molar-refractivity contribution in [2.75, 3.05) is 24.2 Å². The summed E-state index contributed by atoms with van der Waals surface area (Å²) in [4.78, 5) is 25.0. The van der Waals surface area contributed by atoms with Gasteiger partial charge in [-0.25, -0.2) is 13.2 Å². The number of rotatable bonds is 5. The number of nitrogens with zero attached hydrogens (tertiary/aromatic N) is 2. The molecule has 0 saturated carbocycles. The van der Waals surface area contributed by atoms with Crippen LogP contribution in [-0.4, -0.2) is 44.8 Å². The first-order valence-electron chi connectivity index (χ1n) is 8.18. The number of hydrogen-bond acceptors (Lipinski definition) is 5. The van der Waals surface area contributed by atoms with Crippen molar-refractivity contribution in [1.82, 2.24) is 4.57 Å². The third-order valence-corrected chi connectivity index (χ3v) is 5.63. The molecule has 0 spiro atoms. The summed E-state index contributed by atoms with van der Waals surface area (Å²) in [6.07, 6.45) is 2.35. The summed E-state index contributed by atoms with van der Waals surface area (Å²) in [5.74, 6) is -1.13. The lowest BCUT2D eigenvalue weighted by molar-refractivity contribution is 0.0603. The average molecular weight is 421 g/mol. The van der Waals surface area contributed by atoms with Crippen LogP contribution in [0.4, 0.5) is 5.69 Å². The maximum Gasteiger partial charge on any atom is 0.340 e. The fourth-order valence-corrected chi connectivity index (χ4v) is 4.04. The Labute approximate surface area is 167 Å². The van der Waals surface area contributed by atoms with E-state index in [1.165, 1.54) is 23.9 Å². The Bertz CT molecular complexity index is 1170. The molecule has 0 aliphatic rings. The van der Waals surface area contributed by atoms with Gasteiger partial charge in [-0.15, -0.1) is 0 Å². The number of para-hydroxylation sites is 2. The van der Waals surface area contributed by atoms with Gasteiger partial charge in [0, 0.05) is 11.6 Å². The summed E-state index contributed by atoms with van der Waals surface area (Å²) in [7, 11) is -2.54. The zero-order chi connectivity index (χ0) is 20.5. The molecule has 0 fully saturated rings. The number of benzene rings is 2. The van der Waals surface area contributed by atoms with Crippen molar-refractivity contribution in [3.8, 4) is 0 Å². The minimum Gasteiger partial charge on any atom is -0.465 e. The van der Waals surface area contributed by atoms with Gasteiger partial charge in [0.1, 0.15) is 6.54 Å². The molecule has 0 N–H and O–H groups in total. The molecule has 146 valence electrons. The lowest BCUT2D eigenvalue weighted by Crippen LogP contribution is -2.37. The van der Waals surface area contributed by atoms with Gasteiger partial charge in [-0.05, 0) is 18.2 Å². The highest BCUT2D eigenvalue weighted by molar-refractivity contribution is 7.92. The molecule has 0 amide bonds. The molecule has 0 unspecified atom stereocenters. The van der Waals surface area contributed by atoms with Crippen LogP contribution >= 0.6 is 11.6 Å². The van der Waals surface area contributed by atoms with Gasteiger partial charge in [-0.2, -0.15) is 0 Å². The fourth-order valence-electron chi connectivity index (χ4n) is 2.89. The van der Waals surface area contributed by atoms with Gasteiger partial charge in [-0.3, -0.25) is 13.7 Å². The molecule has 9 heteroatoms. The summed E-state index contributed by atoms with van der Waals surface area (Å²) in [6.45, 7) is -0.484. The summed E-state index contributed by atoms with van der Waals surface area (Å²) in [5.41, 5.74) is 0.889. The van der Waals surface area contributed by atoms with Crippen LogP contribution in [0.25, 0.3) is 10.9 Å². The Morgan fingerprint density at radius 3 is 2.39 bits per heavy atom. The Hall–Kier alpha value is -2.84. The Kier molecular flexibility index (Phi) is 5.44. The molecular formula is C19H17ClN2O5S. The van der Waals surface area contributed by atoms with E-state index in [4.69, 9.17) is 16.3 Å². The highest BCUT2D eigenvalue weighted by Gasteiger charge is 2.25. The minimum absolute atomic E-state index is 0.199. The van der Waals surface area contributed by atoms with Crippen molar-refractivity contribution in [3.05, 3.63) is 65.3 Å². The van der Waals surface area contributed by atoms with E-state index in [0.29, 0.717) is 10.9 Å². The number of fused-ring (bicyclic) bond motifs is 1. The van der Waals surface area contributed by atoms with Gasteiger partial charge >= 0.3 is 5.97 Å². The van der Waals surface area contributed by atoms with Crippen molar-refractivity contribution in [2.24, 2.45) is 0 Å². The van der Waals surface area contributed by atoms with Crippen molar-refractivity contribution in [2.45, 2.75) is 0 Å². The number of esters is 1. The zero-order valence-corrected chi connectivity index (χ0v) is 16.7. The summed E-state index contributed by atoms with van der Waals surface area (Å²) in [6, 6.07) is 13.2. The third-order valence-electron chi connectivity index (χ3n) is 4.19. The molecular weight excluding hydrogens is 404 g/mol. The molecule has 3 aromatic rings. The van der Waals surface area contributed by atoms with E-state index in [0.717, 1.165) is 10.6 Å². The second kappa shape index (κ2) is 7.65. The standard InChI is InChI=1S/C19H17ClN2O5S/c1-27-19(24)14-11-21(16-9-5-3-7-13(14)16)18(23)12-22(28(2,25)26)17-10-6-4-8-15(17)20/h3-11H,12H2,1-2H3. The highest BCUT2D eigenvalue weighted by Crippen LogP contribution is 2.28. The summed E-state index contributed by atoms with van der Waals surface area (Å²) < 4.78 is 31.6. The largest absolute Gasteiger partial charge is 0.465 e. The SMILES string of the molecule is COC(=O)c1cn(C(=O)CN(c2ccccc2Cl)S(C)(=O)=O)c2ccccc12. The Morgan fingerprint density at radius 1 is 1.11 bits per heavy atom. The van der Waals surface area contributed by atoms with Crippen molar-refractivity contribution in [3.63, 3.8) is 0 Å². The number of aromatic nitrogens is 1. The normalized spacial score (nSPS) is 11.4. The molecule has 1 aromatic heterocycles. The highest BCUT2D eigenvalue weighted by atomic mass is 35.5. The molecule has 2 aromatic carbocycles. The molecule has 0 atom stereocenters. The second-order valence-electron chi connectivity index (χ2n) is 6.04. The van der Waals surface area contributed by atoms with Crippen LogP contribution in [0.2, 0.25) is 5.02 Å². The first kappa shape index (κ1) is 19.9. The van der Waals surface area contributed by atoms with Gasteiger partial charge < -0.3 is 4.74 Å². The quantitative estimate of drug-likeness (QED) is 0.592. The lowest BCUT2D eigenvalue weighted by atomic mass is 10.2. The van der Waals surface area contributed by atoms with Gasteiger partial charge in [0.2, 0.25) is 10.0 Å². The van der Waals surface area contributed by atoms with Crippen LogP contribution in [0.3, 0.4) is 0 Å². The number of ether oxygens (including phenoxy) is 1. The van der Waals surface area contributed by atoms with Gasteiger partial charge in [-0.1, -0.05) is 41.9 Å². The predicted octanol–water partition coefficient (Wildman–Crippen LogP) is 3.19. The van der Waals surface area contributed by atoms with Crippen LogP contribution in [0.15, 0.2) is 54.7 Å². The van der Waals surface area contributed by atoms with E-state index < -0.39 is 28.4 Å². The van der Waals surface area contributed by atoms with Crippen LogP contribution in [0.1, 0.15) is 15.2 Å². The monoisotopic (exact) mass is 420 g/mol. The topological polar surface area (TPSA) is 85.7 Å². The van der Waals surface area contributed by atoms with Gasteiger partial charge in [0.25, 0.3) is 5.91 Å². The molecule has 28 heavy (non-hydrogen) atoms. The van der Waals surface area contributed by atoms with Gasteiger partial charge in [0.05, 0.1) is 35.2 Å². The van der Waals surface area contributed by atoms with Crippen molar-refractivity contribution in [1.29, 1.82) is 0 Å². The number of sulfonamides is 1. The van der Waals surface area contributed by atoms with E-state index in [9.17, 15) is 18.0 Å². The Balaban J connectivity index is 2.07. The average Bonchev–Trinajstić information content (AvgIpc) is 3.05. The zero-order valence-electron chi connectivity index (χ0n) is 15.1. The van der Waals surface area contributed by atoms with E-state index in [-0.39, 0.29) is 16.3 Å². The Morgan fingerprint density at radius 2 is 1.75 bits per heavy atom. The molecule has 0 aliphatic heterocycles. The fraction of sp³-hybridized carbons (Fsp3) is 0.158. The van der Waals surface area contributed by atoms with E-state index in [1.54, 1.807) is 42.5 Å². The first-order chi connectivity index (χ1) is 13.2. The molecule has 3 rings (SSSR count). The number of methoxy groups -OCH3 is 1. The lowest BCUT2D eigenvalue weighted by Gasteiger charge is -2.22. The number of carbonyl (C=O) groups excluding carboxylic acids is 2. The van der Waals surface area contributed by atoms with E-state index in [1.807, 2.05) is 0 Å². The van der Waals surface area contributed by atoms with Gasteiger partial charge in [0.15, 0.2) is 0 Å². The third kappa shape index (κ3) is 3.74. The molecule has 0 saturated heterocycles. The molecule has 0 aliphatic carbocycles. The number of carbonyl (C=O) groups is 2. The smallest absolute Gasteiger partial charge is 0.340 e. The van der Waals surface area contributed by atoms with E-state index >= 15 is 0 Å². The molecule has 0 bridgehead atoms. The molecule has 1 heterocycles. The van der Waals surface area contributed by atoms with Crippen molar-refractivity contribution < 1.29 is 22.7 Å². The summed E-state index contributed by atoms with van der Waals surface area (Å²) >= 11 is 6.13. The maximum atomic E-state index is 13.0. The number of hydrogen-bond donors (Lipinski definition) is 0. The van der Waals surface area contributed by atoms with E-state index in [2.05, 4.69) is 0 Å². The number of halogens is 1. The molecule has 0 radical (unpaired) electrons. The van der Waals surface area contributed by atoms with Crippen LogP contribution in [0, 0.1) is 0 Å². The van der Waals surface area contributed by atoms with Crippen LogP contribution < -0.4 is 4.31 Å². The van der Waals surface area contributed by atoms with Crippen LogP contribution in [-0.2, 0) is 14.8 Å². The molecule has 7 nitrogen and oxygen atoms in total. The maximum absolute atomic E-state index is 13.0.